The zero-order chi connectivity index (χ0) is 15.2. The number of carbonyl (C=O) groups excluding carboxylic acids is 1. The lowest BCUT2D eigenvalue weighted by Gasteiger charge is -2.06. The number of methoxy groups -OCH3 is 1. The minimum absolute atomic E-state index is 0.379. The molecule has 0 fully saturated rings. The molecule has 0 saturated carbocycles. The number of hydrogen-bond acceptors (Lipinski definition) is 5. The predicted molar refractivity (Wildman–Crippen MR) is 84.8 cm³/mol. The largest absolute Gasteiger partial charge is 0.465 e. The molecule has 0 bridgehead atoms. The zero-order valence-corrected chi connectivity index (χ0v) is 13.2. The molecule has 1 aromatic heterocycles. The fourth-order valence-electron chi connectivity index (χ4n) is 1.86. The zero-order valence-electron chi connectivity index (χ0n) is 11.6. The SMILES string of the molecule is COC(=O)c1ccc(Cl)cc1-c1ccc(COCCN)s1. The summed E-state index contributed by atoms with van der Waals surface area (Å²) in [5, 5.41) is 0.576. The van der Waals surface area contributed by atoms with Crippen LogP contribution in [0.1, 0.15) is 15.2 Å². The van der Waals surface area contributed by atoms with Crippen molar-refractivity contribution in [1.82, 2.24) is 0 Å². The number of ether oxygens (including phenoxy) is 2. The van der Waals surface area contributed by atoms with Crippen molar-refractivity contribution in [2.45, 2.75) is 6.61 Å². The molecule has 2 rings (SSSR count). The molecule has 2 aromatic rings. The Hall–Kier alpha value is -1.40. The topological polar surface area (TPSA) is 61.5 Å². The van der Waals surface area contributed by atoms with Crippen molar-refractivity contribution in [3.8, 4) is 10.4 Å². The minimum Gasteiger partial charge on any atom is -0.465 e. The van der Waals surface area contributed by atoms with Crippen LogP contribution in [0, 0.1) is 0 Å². The Morgan fingerprint density at radius 1 is 1.33 bits per heavy atom. The molecule has 0 saturated heterocycles. The quantitative estimate of drug-likeness (QED) is 0.653. The molecule has 21 heavy (non-hydrogen) atoms. The molecular weight excluding hydrogens is 310 g/mol. The van der Waals surface area contributed by atoms with Crippen LogP contribution in [0.3, 0.4) is 0 Å². The van der Waals surface area contributed by atoms with E-state index >= 15 is 0 Å². The van der Waals surface area contributed by atoms with Gasteiger partial charge in [-0.2, -0.15) is 0 Å². The van der Waals surface area contributed by atoms with Gasteiger partial charge >= 0.3 is 5.97 Å². The molecule has 0 spiro atoms. The summed E-state index contributed by atoms with van der Waals surface area (Å²) in [6.45, 7) is 1.53. The van der Waals surface area contributed by atoms with E-state index in [2.05, 4.69) is 0 Å². The molecule has 0 amide bonds. The van der Waals surface area contributed by atoms with Crippen molar-refractivity contribution < 1.29 is 14.3 Å². The Labute approximate surface area is 132 Å². The van der Waals surface area contributed by atoms with Gasteiger partial charge in [0.15, 0.2) is 0 Å². The fourth-order valence-corrected chi connectivity index (χ4v) is 3.01. The van der Waals surface area contributed by atoms with Crippen LogP contribution >= 0.6 is 22.9 Å². The highest BCUT2D eigenvalue weighted by molar-refractivity contribution is 7.15. The van der Waals surface area contributed by atoms with E-state index < -0.39 is 0 Å². The van der Waals surface area contributed by atoms with E-state index in [1.54, 1.807) is 29.5 Å². The number of rotatable bonds is 6. The maximum atomic E-state index is 11.8. The third-order valence-electron chi connectivity index (χ3n) is 2.82. The van der Waals surface area contributed by atoms with Crippen LogP contribution in [0.4, 0.5) is 0 Å². The Balaban J connectivity index is 2.28. The molecule has 0 aliphatic rings. The number of esters is 1. The molecule has 6 heteroatoms. The van der Waals surface area contributed by atoms with E-state index in [0.717, 1.165) is 15.3 Å². The number of benzene rings is 1. The summed E-state index contributed by atoms with van der Waals surface area (Å²) in [6, 6.07) is 9.04. The first-order valence-corrected chi connectivity index (χ1v) is 7.60. The van der Waals surface area contributed by atoms with Crippen LogP contribution in [0.5, 0.6) is 0 Å². The second kappa shape index (κ2) is 7.56. The van der Waals surface area contributed by atoms with Crippen molar-refractivity contribution in [1.29, 1.82) is 0 Å². The third-order valence-corrected chi connectivity index (χ3v) is 4.15. The van der Waals surface area contributed by atoms with Crippen LogP contribution < -0.4 is 5.73 Å². The van der Waals surface area contributed by atoms with E-state index in [-0.39, 0.29) is 5.97 Å². The van der Waals surface area contributed by atoms with Gasteiger partial charge in [0.1, 0.15) is 0 Å². The number of thiophene rings is 1. The summed E-state index contributed by atoms with van der Waals surface area (Å²) in [5.74, 6) is -0.379. The molecule has 0 radical (unpaired) electrons. The summed E-state index contributed by atoms with van der Waals surface area (Å²) in [4.78, 5) is 13.8. The van der Waals surface area contributed by atoms with Crippen LogP contribution in [-0.2, 0) is 16.1 Å². The van der Waals surface area contributed by atoms with E-state index in [9.17, 15) is 4.79 Å². The lowest BCUT2D eigenvalue weighted by Crippen LogP contribution is -2.07. The van der Waals surface area contributed by atoms with E-state index in [1.165, 1.54) is 7.11 Å². The van der Waals surface area contributed by atoms with E-state index in [1.807, 2.05) is 12.1 Å². The molecule has 112 valence electrons. The van der Waals surface area contributed by atoms with Gasteiger partial charge in [-0.05, 0) is 30.3 Å². The highest BCUT2D eigenvalue weighted by Crippen LogP contribution is 2.33. The standard InChI is InChI=1S/C15H16ClNO3S/c1-19-15(18)12-4-2-10(16)8-13(12)14-5-3-11(21-14)9-20-7-6-17/h2-5,8H,6-7,9,17H2,1H3. The van der Waals surface area contributed by atoms with E-state index in [0.29, 0.717) is 30.3 Å². The first-order chi connectivity index (χ1) is 10.2. The number of hydrogen-bond donors (Lipinski definition) is 1. The van der Waals surface area contributed by atoms with Gasteiger partial charge in [-0.15, -0.1) is 11.3 Å². The fraction of sp³-hybridized carbons (Fsp3) is 0.267. The van der Waals surface area contributed by atoms with Gasteiger partial charge in [0.25, 0.3) is 0 Å². The second-order valence-electron chi connectivity index (χ2n) is 4.29. The van der Waals surface area contributed by atoms with Gasteiger partial charge in [-0.1, -0.05) is 11.6 Å². The molecule has 2 N–H and O–H groups in total. The summed E-state index contributed by atoms with van der Waals surface area (Å²) in [7, 11) is 1.36. The maximum absolute atomic E-state index is 11.8. The molecule has 1 aromatic carbocycles. The smallest absolute Gasteiger partial charge is 0.338 e. The molecule has 0 aliphatic carbocycles. The van der Waals surface area contributed by atoms with E-state index in [4.69, 9.17) is 26.8 Å². The Morgan fingerprint density at radius 2 is 2.14 bits per heavy atom. The summed E-state index contributed by atoms with van der Waals surface area (Å²) >= 11 is 7.59. The second-order valence-corrected chi connectivity index (χ2v) is 5.89. The van der Waals surface area contributed by atoms with Gasteiger partial charge in [0.2, 0.25) is 0 Å². The Kier molecular flexibility index (Phi) is 5.76. The number of halogens is 1. The number of carbonyl (C=O) groups is 1. The summed E-state index contributed by atoms with van der Waals surface area (Å²) < 4.78 is 10.2. The van der Waals surface area contributed by atoms with Gasteiger partial charge in [-0.3, -0.25) is 0 Å². The maximum Gasteiger partial charge on any atom is 0.338 e. The minimum atomic E-state index is -0.379. The van der Waals surface area contributed by atoms with Gasteiger partial charge in [0, 0.05) is 26.9 Å². The molecule has 0 atom stereocenters. The summed E-state index contributed by atoms with van der Waals surface area (Å²) in [5.41, 5.74) is 6.65. The Morgan fingerprint density at radius 3 is 2.86 bits per heavy atom. The van der Waals surface area contributed by atoms with Crippen molar-refractivity contribution in [3.05, 3.63) is 45.8 Å². The highest BCUT2D eigenvalue weighted by Gasteiger charge is 2.15. The average molecular weight is 326 g/mol. The predicted octanol–water partition coefficient (Wildman–Crippen LogP) is 3.33. The van der Waals surface area contributed by atoms with Crippen molar-refractivity contribution in [3.63, 3.8) is 0 Å². The van der Waals surface area contributed by atoms with Gasteiger partial charge in [0.05, 0.1) is 25.9 Å². The van der Waals surface area contributed by atoms with Crippen molar-refractivity contribution in [2.75, 3.05) is 20.3 Å². The summed E-state index contributed by atoms with van der Waals surface area (Å²) in [6.07, 6.45) is 0. The van der Waals surface area contributed by atoms with Gasteiger partial charge < -0.3 is 15.2 Å². The molecule has 4 nitrogen and oxygen atoms in total. The lowest BCUT2D eigenvalue weighted by atomic mass is 10.1. The van der Waals surface area contributed by atoms with Crippen LogP contribution in [-0.4, -0.2) is 26.2 Å². The highest BCUT2D eigenvalue weighted by atomic mass is 35.5. The normalized spacial score (nSPS) is 10.6. The van der Waals surface area contributed by atoms with Crippen LogP contribution in [0.25, 0.3) is 10.4 Å². The van der Waals surface area contributed by atoms with Crippen molar-refractivity contribution >= 4 is 28.9 Å². The van der Waals surface area contributed by atoms with Gasteiger partial charge in [-0.25, -0.2) is 4.79 Å². The average Bonchev–Trinajstić information content (AvgIpc) is 2.95. The third kappa shape index (κ3) is 4.04. The monoisotopic (exact) mass is 325 g/mol. The number of nitrogens with two attached hydrogens (primary N) is 1. The lowest BCUT2D eigenvalue weighted by molar-refractivity contribution is 0.0601. The molecule has 1 heterocycles. The molecule has 0 aliphatic heterocycles. The first kappa shape index (κ1) is 16.0. The molecular formula is C15H16ClNO3S. The molecule has 0 unspecified atom stereocenters. The van der Waals surface area contributed by atoms with Crippen LogP contribution in [0.15, 0.2) is 30.3 Å². The first-order valence-electron chi connectivity index (χ1n) is 6.40. The Bertz CT molecular complexity index is 627. The van der Waals surface area contributed by atoms with Crippen LogP contribution in [0.2, 0.25) is 5.02 Å². The van der Waals surface area contributed by atoms with Crippen molar-refractivity contribution in [2.24, 2.45) is 5.73 Å².